The van der Waals surface area contributed by atoms with Crippen molar-refractivity contribution in [2.75, 3.05) is 29.9 Å². The van der Waals surface area contributed by atoms with Crippen LogP contribution in [0.5, 0.6) is 0 Å². The van der Waals surface area contributed by atoms with Gasteiger partial charge < -0.3 is 10.2 Å². The largest absolute Gasteiger partial charge is 0.326 e. The van der Waals surface area contributed by atoms with Crippen LogP contribution >= 0.6 is 0 Å². The first-order chi connectivity index (χ1) is 14.4. The van der Waals surface area contributed by atoms with Gasteiger partial charge in [-0.2, -0.15) is 4.31 Å². The number of hydrogen-bond donors (Lipinski definition) is 1. The Morgan fingerprint density at radius 3 is 2.40 bits per heavy atom. The molecule has 0 bridgehead atoms. The van der Waals surface area contributed by atoms with Crippen molar-refractivity contribution in [2.45, 2.75) is 30.6 Å². The Hall–Kier alpha value is -2.78. The maximum atomic E-state index is 12.7. The summed E-state index contributed by atoms with van der Waals surface area (Å²) in [6.07, 6.45) is 5.25. The normalized spacial score (nSPS) is 18.5. The van der Waals surface area contributed by atoms with Crippen LogP contribution in [0.4, 0.5) is 11.4 Å². The van der Waals surface area contributed by atoms with Crippen LogP contribution < -0.4 is 10.2 Å². The highest BCUT2D eigenvalue weighted by Gasteiger charge is 2.32. The highest BCUT2D eigenvalue weighted by atomic mass is 32.2. The van der Waals surface area contributed by atoms with E-state index in [0.717, 1.165) is 18.7 Å². The first kappa shape index (κ1) is 20.5. The van der Waals surface area contributed by atoms with E-state index in [1.54, 1.807) is 23.1 Å². The van der Waals surface area contributed by atoms with Crippen molar-refractivity contribution in [1.29, 1.82) is 0 Å². The first-order valence-electron chi connectivity index (χ1n) is 10.1. The number of anilines is 2. The van der Waals surface area contributed by atoms with Gasteiger partial charge in [0.25, 0.3) is 0 Å². The Kier molecular flexibility index (Phi) is 5.83. The van der Waals surface area contributed by atoms with E-state index >= 15 is 0 Å². The summed E-state index contributed by atoms with van der Waals surface area (Å²) >= 11 is 0. The standard InChI is InChI=1S/C21H24N4O4S/c26-20-4-2-12-25(20)18-7-5-17(6-8-18)23-21(27)16-9-13-24(14-10-16)30(28,29)19-3-1-11-22-15-19/h1,3,5-8,11,15-16H,2,4,9-10,12-14H2,(H,23,27). The molecule has 3 heterocycles. The van der Waals surface area contributed by atoms with Gasteiger partial charge in [-0.05, 0) is 55.7 Å². The van der Waals surface area contributed by atoms with Gasteiger partial charge in [0.2, 0.25) is 21.8 Å². The SMILES string of the molecule is O=C(Nc1ccc(N2CCCC2=O)cc1)C1CCN(S(=O)(=O)c2cccnc2)CC1. The lowest BCUT2D eigenvalue weighted by molar-refractivity contribution is -0.121. The van der Waals surface area contributed by atoms with Gasteiger partial charge in [0, 0.05) is 55.7 Å². The molecule has 2 aliphatic heterocycles. The number of carbonyl (C=O) groups is 2. The number of nitrogens with one attached hydrogen (secondary N) is 1. The third-order valence-electron chi connectivity index (χ3n) is 5.62. The van der Waals surface area contributed by atoms with Crippen molar-refractivity contribution in [3.8, 4) is 0 Å². The lowest BCUT2D eigenvalue weighted by Crippen LogP contribution is -2.41. The molecule has 2 saturated heterocycles. The number of amides is 2. The van der Waals surface area contributed by atoms with Gasteiger partial charge in [-0.3, -0.25) is 14.6 Å². The Morgan fingerprint density at radius 2 is 1.80 bits per heavy atom. The summed E-state index contributed by atoms with van der Waals surface area (Å²) in [5.74, 6) is -0.233. The minimum absolute atomic E-state index is 0.113. The van der Waals surface area contributed by atoms with Gasteiger partial charge in [-0.25, -0.2) is 8.42 Å². The van der Waals surface area contributed by atoms with E-state index in [1.165, 1.54) is 22.8 Å². The number of rotatable bonds is 5. The Morgan fingerprint density at radius 1 is 1.07 bits per heavy atom. The number of sulfonamides is 1. The predicted molar refractivity (Wildman–Crippen MR) is 112 cm³/mol. The maximum absolute atomic E-state index is 12.7. The number of hydrogen-bond acceptors (Lipinski definition) is 5. The number of aromatic nitrogens is 1. The predicted octanol–water partition coefficient (Wildman–Crippen LogP) is 2.25. The molecule has 2 aromatic rings. The summed E-state index contributed by atoms with van der Waals surface area (Å²) in [5.41, 5.74) is 1.50. The maximum Gasteiger partial charge on any atom is 0.244 e. The van der Waals surface area contributed by atoms with E-state index in [1.807, 2.05) is 12.1 Å². The smallest absolute Gasteiger partial charge is 0.244 e. The summed E-state index contributed by atoms with van der Waals surface area (Å²) in [4.78, 5) is 30.3. The molecule has 2 fully saturated rings. The van der Waals surface area contributed by atoms with Crippen LogP contribution in [0, 0.1) is 5.92 Å². The average molecular weight is 429 g/mol. The molecule has 0 spiro atoms. The fraction of sp³-hybridized carbons (Fsp3) is 0.381. The van der Waals surface area contributed by atoms with Crippen LogP contribution in [0.2, 0.25) is 0 Å². The quantitative estimate of drug-likeness (QED) is 0.787. The second-order valence-electron chi connectivity index (χ2n) is 7.55. The summed E-state index contributed by atoms with van der Waals surface area (Å²) < 4.78 is 26.8. The van der Waals surface area contributed by atoms with Crippen molar-refractivity contribution in [3.05, 3.63) is 48.8 Å². The summed E-state index contributed by atoms with van der Waals surface area (Å²) in [6.45, 7) is 1.32. The van der Waals surface area contributed by atoms with Crippen molar-refractivity contribution >= 4 is 33.2 Å². The summed E-state index contributed by atoms with van der Waals surface area (Å²) in [7, 11) is -3.58. The molecule has 2 aliphatic rings. The molecular formula is C21H24N4O4S. The van der Waals surface area contributed by atoms with E-state index in [-0.39, 0.29) is 22.6 Å². The molecule has 0 atom stereocenters. The molecule has 0 aliphatic carbocycles. The van der Waals surface area contributed by atoms with Gasteiger partial charge in [-0.1, -0.05) is 0 Å². The molecule has 0 saturated carbocycles. The molecule has 1 N–H and O–H groups in total. The van der Waals surface area contributed by atoms with Crippen LogP contribution in [0.15, 0.2) is 53.7 Å². The van der Waals surface area contributed by atoms with Crippen LogP contribution in [-0.2, 0) is 19.6 Å². The molecule has 4 rings (SSSR count). The second-order valence-corrected chi connectivity index (χ2v) is 9.49. The van der Waals surface area contributed by atoms with Crippen LogP contribution in [-0.4, -0.2) is 49.2 Å². The van der Waals surface area contributed by atoms with Crippen molar-refractivity contribution in [2.24, 2.45) is 5.92 Å². The number of benzene rings is 1. The van der Waals surface area contributed by atoms with Crippen LogP contribution in [0.25, 0.3) is 0 Å². The van der Waals surface area contributed by atoms with E-state index in [2.05, 4.69) is 10.3 Å². The molecule has 1 aromatic heterocycles. The lowest BCUT2D eigenvalue weighted by Gasteiger charge is -2.30. The molecule has 0 unspecified atom stereocenters. The first-order valence-corrected chi connectivity index (χ1v) is 11.5. The van der Waals surface area contributed by atoms with Gasteiger partial charge in [0.15, 0.2) is 0 Å². The van der Waals surface area contributed by atoms with Gasteiger partial charge in [0.05, 0.1) is 0 Å². The molecular weight excluding hydrogens is 404 g/mol. The second kappa shape index (κ2) is 8.53. The summed E-state index contributed by atoms with van der Waals surface area (Å²) in [6, 6.07) is 10.4. The topological polar surface area (TPSA) is 99.7 Å². The molecule has 1 aromatic carbocycles. The van der Waals surface area contributed by atoms with Crippen molar-refractivity contribution in [1.82, 2.24) is 9.29 Å². The van der Waals surface area contributed by atoms with E-state index in [4.69, 9.17) is 0 Å². The third kappa shape index (κ3) is 4.22. The van der Waals surface area contributed by atoms with Gasteiger partial charge in [-0.15, -0.1) is 0 Å². The molecule has 0 radical (unpaired) electrons. The average Bonchev–Trinajstić information content (AvgIpc) is 3.21. The van der Waals surface area contributed by atoms with Crippen molar-refractivity contribution in [3.63, 3.8) is 0 Å². The number of piperidine rings is 1. The zero-order valence-electron chi connectivity index (χ0n) is 16.5. The Bertz CT molecular complexity index is 1020. The molecule has 8 nitrogen and oxygen atoms in total. The van der Waals surface area contributed by atoms with E-state index in [9.17, 15) is 18.0 Å². The van der Waals surface area contributed by atoms with Gasteiger partial charge in [0.1, 0.15) is 4.90 Å². The molecule has 9 heteroatoms. The highest BCUT2D eigenvalue weighted by Crippen LogP contribution is 2.26. The minimum atomic E-state index is -3.58. The van der Waals surface area contributed by atoms with Gasteiger partial charge >= 0.3 is 0 Å². The van der Waals surface area contributed by atoms with E-state index in [0.29, 0.717) is 38.0 Å². The highest BCUT2D eigenvalue weighted by molar-refractivity contribution is 7.89. The molecule has 2 amide bonds. The minimum Gasteiger partial charge on any atom is -0.326 e. The molecule has 158 valence electrons. The summed E-state index contributed by atoms with van der Waals surface area (Å²) in [5, 5.41) is 2.91. The zero-order valence-corrected chi connectivity index (χ0v) is 17.3. The zero-order chi connectivity index (χ0) is 21.1. The van der Waals surface area contributed by atoms with Crippen LogP contribution in [0.3, 0.4) is 0 Å². The van der Waals surface area contributed by atoms with Crippen LogP contribution in [0.1, 0.15) is 25.7 Å². The number of nitrogens with zero attached hydrogens (tertiary/aromatic N) is 3. The number of pyridine rings is 1. The Balaban J connectivity index is 1.33. The van der Waals surface area contributed by atoms with E-state index < -0.39 is 10.0 Å². The lowest BCUT2D eigenvalue weighted by atomic mass is 9.97. The fourth-order valence-electron chi connectivity index (χ4n) is 3.90. The monoisotopic (exact) mass is 428 g/mol. The fourth-order valence-corrected chi connectivity index (χ4v) is 5.33. The third-order valence-corrected chi connectivity index (χ3v) is 7.50. The molecule has 30 heavy (non-hydrogen) atoms. The number of carbonyl (C=O) groups excluding carboxylic acids is 2. The Labute approximate surface area is 175 Å². The van der Waals surface area contributed by atoms with Crippen molar-refractivity contribution < 1.29 is 18.0 Å².